The van der Waals surface area contributed by atoms with Gasteiger partial charge in [-0.05, 0) is 36.8 Å². The van der Waals surface area contributed by atoms with Gasteiger partial charge in [0.2, 0.25) is 11.8 Å². The molecule has 1 amide bonds. The first-order chi connectivity index (χ1) is 11.6. The van der Waals surface area contributed by atoms with Gasteiger partial charge < -0.3 is 19.1 Å². The molecule has 1 aromatic heterocycles. The smallest absolute Gasteiger partial charge is 0.266 e. The summed E-state index contributed by atoms with van der Waals surface area (Å²) in [7, 11) is 0. The average molecular weight is 334 g/mol. The van der Waals surface area contributed by atoms with Crippen LogP contribution in [-0.4, -0.2) is 59.3 Å². The van der Waals surface area contributed by atoms with Crippen molar-refractivity contribution < 1.29 is 14.1 Å². The molecule has 2 saturated heterocycles. The third-order valence-electron chi connectivity index (χ3n) is 5.73. The van der Waals surface area contributed by atoms with Crippen molar-refractivity contribution in [1.29, 1.82) is 0 Å². The molecule has 7 heteroatoms. The molecule has 3 fully saturated rings. The first-order valence-corrected chi connectivity index (χ1v) is 9.11. The zero-order valence-corrected chi connectivity index (χ0v) is 14.4. The van der Waals surface area contributed by atoms with Crippen molar-refractivity contribution >= 4 is 11.9 Å². The number of piperidine rings is 1. The first kappa shape index (κ1) is 15.9. The van der Waals surface area contributed by atoms with Crippen molar-refractivity contribution in [3.8, 4) is 0 Å². The number of amides is 1. The van der Waals surface area contributed by atoms with E-state index in [-0.39, 0.29) is 11.5 Å². The van der Waals surface area contributed by atoms with Crippen LogP contribution in [0.25, 0.3) is 0 Å². The van der Waals surface area contributed by atoms with Crippen LogP contribution in [-0.2, 0) is 9.53 Å². The topological polar surface area (TPSA) is 71.7 Å². The highest BCUT2D eigenvalue weighted by atomic mass is 16.5. The van der Waals surface area contributed by atoms with Gasteiger partial charge >= 0.3 is 0 Å². The maximum Gasteiger partial charge on any atom is 0.266 e. The number of hydrogen-bond donors (Lipinski definition) is 0. The fraction of sp³-hybridized carbons (Fsp3) is 0.824. The summed E-state index contributed by atoms with van der Waals surface area (Å²) in [6.45, 7) is 5.68. The summed E-state index contributed by atoms with van der Waals surface area (Å²) in [6.07, 6.45) is 6.16. The quantitative estimate of drug-likeness (QED) is 0.839. The van der Waals surface area contributed by atoms with Gasteiger partial charge in [0.25, 0.3) is 5.95 Å². The lowest BCUT2D eigenvalue weighted by Crippen LogP contribution is -2.53. The van der Waals surface area contributed by atoms with E-state index < -0.39 is 0 Å². The third kappa shape index (κ3) is 3.14. The Hall–Kier alpha value is -1.63. The monoisotopic (exact) mass is 334 g/mol. The molecule has 0 unspecified atom stereocenters. The van der Waals surface area contributed by atoms with Crippen LogP contribution >= 0.6 is 0 Å². The predicted octanol–water partition coefficient (Wildman–Crippen LogP) is 1.77. The van der Waals surface area contributed by atoms with Gasteiger partial charge in [-0.3, -0.25) is 4.79 Å². The second-order valence-corrected chi connectivity index (χ2v) is 7.45. The second-order valence-electron chi connectivity index (χ2n) is 7.45. The number of nitrogens with zero attached hydrogens (tertiary/aromatic N) is 4. The maximum absolute atomic E-state index is 12.4. The number of aromatic nitrogens is 2. The zero-order chi connectivity index (χ0) is 16.6. The molecular weight excluding hydrogens is 308 g/mol. The molecule has 1 aromatic rings. The summed E-state index contributed by atoms with van der Waals surface area (Å²) in [5.74, 6) is 2.22. The Kier molecular flexibility index (Phi) is 4.20. The molecule has 4 rings (SSSR count). The zero-order valence-electron chi connectivity index (χ0n) is 14.4. The lowest BCUT2D eigenvalue weighted by molar-refractivity contribution is -0.132. The molecule has 24 heavy (non-hydrogen) atoms. The molecule has 0 bridgehead atoms. The number of carbonyl (C=O) groups excluding carboxylic acids is 1. The predicted molar refractivity (Wildman–Crippen MR) is 87.7 cm³/mol. The van der Waals surface area contributed by atoms with Gasteiger partial charge in [0.1, 0.15) is 0 Å². The van der Waals surface area contributed by atoms with Crippen molar-refractivity contribution in [1.82, 2.24) is 15.0 Å². The number of aryl methyl sites for hydroxylation is 1. The second kappa shape index (κ2) is 6.35. The number of ether oxygens (including phenoxy) is 1. The van der Waals surface area contributed by atoms with Crippen molar-refractivity contribution in [3.05, 3.63) is 5.89 Å². The molecule has 1 aliphatic carbocycles. The number of hydrogen-bond acceptors (Lipinski definition) is 6. The highest BCUT2D eigenvalue weighted by molar-refractivity contribution is 5.76. The molecule has 3 heterocycles. The van der Waals surface area contributed by atoms with Gasteiger partial charge in [0.15, 0.2) is 0 Å². The van der Waals surface area contributed by atoms with E-state index in [4.69, 9.17) is 9.26 Å². The number of carbonyl (C=O) groups is 1. The highest BCUT2D eigenvalue weighted by Crippen LogP contribution is 2.33. The molecular formula is C17H26N4O3. The van der Waals surface area contributed by atoms with Gasteiger partial charge in [0.05, 0.1) is 18.6 Å². The molecule has 2 aliphatic heterocycles. The Labute approximate surface area is 142 Å². The van der Waals surface area contributed by atoms with Gasteiger partial charge in [0, 0.05) is 33.1 Å². The Morgan fingerprint density at radius 1 is 1.29 bits per heavy atom. The SMILES string of the molecule is Cc1nc(N2CCC3(CC2)CN(CC2CCC2)C(=O)CCO3)no1. The van der Waals surface area contributed by atoms with E-state index in [0.29, 0.717) is 30.8 Å². The fourth-order valence-corrected chi connectivity index (χ4v) is 3.98. The molecule has 132 valence electrons. The normalized spacial score (nSPS) is 25.0. The Bertz CT molecular complexity index is 590. The van der Waals surface area contributed by atoms with Crippen molar-refractivity contribution in [2.24, 2.45) is 5.92 Å². The maximum atomic E-state index is 12.4. The van der Waals surface area contributed by atoms with Crippen LogP contribution in [0.1, 0.15) is 44.4 Å². The van der Waals surface area contributed by atoms with E-state index in [1.54, 1.807) is 6.92 Å². The van der Waals surface area contributed by atoms with E-state index in [2.05, 4.69) is 19.9 Å². The number of anilines is 1. The molecule has 0 aromatic carbocycles. The van der Waals surface area contributed by atoms with Gasteiger partial charge in [-0.2, -0.15) is 4.98 Å². The van der Waals surface area contributed by atoms with E-state index in [9.17, 15) is 4.79 Å². The van der Waals surface area contributed by atoms with E-state index in [1.165, 1.54) is 19.3 Å². The van der Waals surface area contributed by atoms with E-state index in [1.807, 2.05) is 0 Å². The van der Waals surface area contributed by atoms with Crippen LogP contribution in [0.4, 0.5) is 5.95 Å². The number of rotatable bonds is 3. The summed E-state index contributed by atoms with van der Waals surface area (Å²) in [5.41, 5.74) is -0.203. The van der Waals surface area contributed by atoms with Crippen LogP contribution < -0.4 is 4.90 Å². The minimum Gasteiger partial charge on any atom is -0.372 e. The van der Waals surface area contributed by atoms with Crippen LogP contribution in [0, 0.1) is 12.8 Å². The minimum absolute atomic E-state index is 0.203. The van der Waals surface area contributed by atoms with Crippen molar-refractivity contribution in [2.45, 2.75) is 51.0 Å². The third-order valence-corrected chi connectivity index (χ3v) is 5.73. The lowest BCUT2D eigenvalue weighted by atomic mass is 9.84. The largest absolute Gasteiger partial charge is 0.372 e. The molecule has 3 aliphatic rings. The van der Waals surface area contributed by atoms with Gasteiger partial charge in [-0.15, -0.1) is 0 Å². The summed E-state index contributed by atoms with van der Waals surface area (Å²) in [4.78, 5) is 20.9. The molecule has 1 spiro atoms. The summed E-state index contributed by atoms with van der Waals surface area (Å²) in [5, 5.41) is 4.01. The minimum atomic E-state index is -0.203. The van der Waals surface area contributed by atoms with Crippen LogP contribution in [0.2, 0.25) is 0 Å². The van der Waals surface area contributed by atoms with Gasteiger partial charge in [-0.1, -0.05) is 6.42 Å². The Balaban J connectivity index is 1.41. The molecule has 7 nitrogen and oxygen atoms in total. The average Bonchev–Trinajstić information content (AvgIpc) is 2.90. The Morgan fingerprint density at radius 2 is 2.08 bits per heavy atom. The standard InChI is InChI=1S/C17H26N4O3/c1-13-18-16(19-24-13)20-8-6-17(7-9-20)12-21(11-14-3-2-4-14)15(22)5-10-23-17/h14H,2-12H2,1H3. The molecule has 0 atom stereocenters. The lowest BCUT2D eigenvalue weighted by Gasteiger charge is -2.43. The molecule has 0 N–H and O–H groups in total. The van der Waals surface area contributed by atoms with Gasteiger partial charge in [-0.25, -0.2) is 0 Å². The van der Waals surface area contributed by atoms with Crippen molar-refractivity contribution in [3.63, 3.8) is 0 Å². The van der Waals surface area contributed by atoms with E-state index >= 15 is 0 Å². The van der Waals surface area contributed by atoms with E-state index in [0.717, 1.165) is 39.0 Å². The van der Waals surface area contributed by atoms with Crippen LogP contribution in [0.15, 0.2) is 4.52 Å². The summed E-state index contributed by atoms with van der Waals surface area (Å²) in [6, 6.07) is 0. The fourth-order valence-electron chi connectivity index (χ4n) is 3.98. The highest BCUT2D eigenvalue weighted by Gasteiger charge is 2.41. The molecule has 0 radical (unpaired) electrons. The molecule has 1 saturated carbocycles. The Morgan fingerprint density at radius 3 is 2.71 bits per heavy atom. The first-order valence-electron chi connectivity index (χ1n) is 9.11. The summed E-state index contributed by atoms with van der Waals surface area (Å²) < 4.78 is 11.3. The summed E-state index contributed by atoms with van der Waals surface area (Å²) >= 11 is 0. The van der Waals surface area contributed by atoms with Crippen molar-refractivity contribution in [2.75, 3.05) is 37.7 Å². The van der Waals surface area contributed by atoms with Crippen LogP contribution in [0.3, 0.4) is 0 Å². The van der Waals surface area contributed by atoms with Crippen LogP contribution in [0.5, 0.6) is 0 Å².